The molecule has 7 aromatic rings. The second kappa shape index (κ2) is 10.2. The van der Waals surface area contributed by atoms with Crippen LogP contribution in [0.5, 0.6) is 0 Å². The molecule has 0 saturated heterocycles. The van der Waals surface area contributed by atoms with Gasteiger partial charge in [0.05, 0.1) is 22.6 Å². The summed E-state index contributed by atoms with van der Waals surface area (Å²) in [4.78, 5) is 17.3. The Balaban J connectivity index is 1.21. The van der Waals surface area contributed by atoms with Crippen LogP contribution < -0.4 is 5.32 Å². The Morgan fingerprint density at radius 1 is 0.775 bits per heavy atom. The largest absolute Gasteiger partial charge is 0.353 e. The maximum absolute atomic E-state index is 14.6. The molecule has 194 valence electrons. The van der Waals surface area contributed by atoms with Gasteiger partial charge in [0.1, 0.15) is 17.0 Å². The van der Waals surface area contributed by atoms with Crippen LogP contribution in [-0.2, 0) is 13.1 Å². The second-order valence-electron chi connectivity index (χ2n) is 9.62. The molecule has 0 radical (unpaired) electrons. The predicted octanol–water partition coefficient (Wildman–Crippen LogP) is 6.66. The van der Waals surface area contributed by atoms with Crippen LogP contribution >= 0.6 is 0 Å². The molecule has 0 fully saturated rings. The van der Waals surface area contributed by atoms with Crippen molar-refractivity contribution in [3.05, 3.63) is 120 Å². The van der Waals surface area contributed by atoms with Crippen molar-refractivity contribution in [1.29, 1.82) is 0 Å². The number of H-pyrrole nitrogens is 2. The van der Waals surface area contributed by atoms with E-state index in [4.69, 9.17) is 4.98 Å². The molecule has 0 aliphatic rings. The van der Waals surface area contributed by atoms with Crippen molar-refractivity contribution in [3.63, 3.8) is 0 Å². The Morgan fingerprint density at radius 3 is 2.52 bits per heavy atom. The molecule has 2 aromatic carbocycles. The lowest BCUT2D eigenvalue weighted by atomic mass is 10.1. The Labute approximate surface area is 229 Å². The number of nitrogens with zero attached hydrogens (tertiary/aromatic N) is 4. The van der Waals surface area contributed by atoms with Gasteiger partial charge in [-0.05, 0) is 53.6 Å². The highest BCUT2D eigenvalue weighted by molar-refractivity contribution is 5.99. The summed E-state index contributed by atoms with van der Waals surface area (Å²) in [5.74, 6) is -0.312. The molecule has 0 atom stereocenters. The highest BCUT2D eigenvalue weighted by atomic mass is 19.1. The standard InChI is InChI=1S/C32H24FN7/c33-25-9-5-4-8-23(25)30-24-15-29(37-27(24)12-13-36-30)32-31-28(39-40-32)11-10-26(38-31)22-14-21(18-35-19-22)17-34-16-20-6-2-1-3-7-20/h1-15,18-19,34,37H,16-17H2,(H,39,40). The smallest absolute Gasteiger partial charge is 0.135 e. The first-order valence-corrected chi connectivity index (χ1v) is 13.0. The summed E-state index contributed by atoms with van der Waals surface area (Å²) in [6.07, 6.45) is 5.37. The maximum atomic E-state index is 14.6. The maximum Gasteiger partial charge on any atom is 0.135 e. The molecule has 0 aliphatic heterocycles. The minimum absolute atomic E-state index is 0.312. The summed E-state index contributed by atoms with van der Waals surface area (Å²) in [6, 6.07) is 26.8. The fraction of sp³-hybridized carbons (Fsp3) is 0.0625. The molecular weight excluding hydrogens is 501 g/mol. The van der Waals surface area contributed by atoms with Crippen molar-refractivity contribution in [2.75, 3.05) is 0 Å². The molecule has 5 heterocycles. The number of pyridine rings is 3. The van der Waals surface area contributed by atoms with Crippen LogP contribution in [0, 0.1) is 5.82 Å². The van der Waals surface area contributed by atoms with E-state index in [0.717, 1.165) is 51.0 Å². The van der Waals surface area contributed by atoms with Crippen molar-refractivity contribution in [3.8, 4) is 33.9 Å². The van der Waals surface area contributed by atoms with Crippen molar-refractivity contribution in [2.24, 2.45) is 0 Å². The van der Waals surface area contributed by atoms with Crippen LogP contribution in [0.1, 0.15) is 11.1 Å². The first-order chi connectivity index (χ1) is 19.7. The Bertz CT molecular complexity index is 1960. The number of aromatic nitrogens is 6. The number of halogens is 1. The molecule has 7 rings (SSSR count). The van der Waals surface area contributed by atoms with Gasteiger partial charge in [0.25, 0.3) is 0 Å². The summed E-state index contributed by atoms with van der Waals surface area (Å²) in [5.41, 5.74) is 8.92. The normalized spacial score (nSPS) is 11.4. The zero-order chi connectivity index (χ0) is 26.9. The first kappa shape index (κ1) is 23.9. The Kier molecular flexibility index (Phi) is 6.07. The number of rotatable bonds is 7. The number of fused-ring (bicyclic) bond motifs is 2. The summed E-state index contributed by atoms with van der Waals surface area (Å²) in [7, 11) is 0. The Morgan fingerprint density at radius 2 is 1.62 bits per heavy atom. The molecule has 0 saturated carbocycles. The average Bonchev–Trinajstić information content (AvgIpc) is 3.62. The summed E-state index contributed by atoms with van der Waals surface area (Å²) < 4.78 is 14.6. The predicted molar refractivity (Wildman–Crippen MR) is 155 cm³/mol. The third kappa shape index (κ3) is 4.50. The average molecular weight is 526 g/mol. The van der Waals surface area contributed by atoms with Crippen LogP contribution in [0.4, 0.5) is 4.39 Å². The fourth-order valence-corrected chi connectivity index (χ4v) is 4.97. The van der Waals surface area contributed by atoms with Crippen molar-refractivity contribution >= 4 is 21.9 Å². The molecule has 0 unspecified atom stereocenters. The lowest BCUT2D eigenvalue weighted by molar-refractivity contribution is 0.631. The van der Waals surface area contributed by atoms with Gasteiger partial charge >= 0.3 is 0 Å². The van der Waals surface area contributed by atoms with Crippen LogP contribution in [-0.4, -0.2) is 30.1 Å². The van der Waals surface area contributed by atoms with E-state index in [1.807, 2.05) is 60.9 Å². The topological polar surface area (TPSA) is 95.2 Å². The van der Waals surface area contributed by atoms with Gasteiger partial charge in [-0.1, -0.05) is 42.5 Å². The van der Waals surface area contributed by atoms with Crippen LogP contribution in [0.15, 0.2) is 104 Å². The van der Waals surface area contributed by atoms with Crippen molar-refractivity contribution in [2.45, 2.75) is 13.1 Å². The van der Waals surface area contributed by atoms with E-state index in [2.05, 4.69) is 48.7 Å². The molecule has 0 spiro atoms. The molecular formula is C32H24FN7. The second-order valence-corrected chi connectivity index (χ2v) is 9.62. The van der Waals surface area contributed by atoms with E-state index in [9.17, 15) is 4.39 Å². The number of nitrogens with one attached hydrogen (secondary N) is 3. The zero-order valence-corrected chi connectivity index (χ0v) is 21.4. The van der Waals surface area contributed by atoms with Gasteiger partial charge in [-0.3, -0.25) is 15.1 Å². The quantitative estimate of drug-likeness (QED) is 0.216. The summed E-state index contributed by atoms with van der Waals surface area (Å²) in [5, 5.41) is 11.9. The molecule has 0 bridgehead atoms. The van der Waals surface area contributed by atoms with Crippen LogP contribution in [0.25, 0.3) is 55.8 Å². The highest BCUT2D eigenvalue weighted by Crippen LogP contribution is 2.34. The highest BCUT2D eigenvalue weighted by Gasteiger charge is 2.17. The third-order valence-electron chi connectivity index (χ3n) is 6.93. The number of benzene rings is 2. The van der Waals surface area contributed by atoms with Crippen molar-refractivity contribution in [1.82, 2.24) is 35.5 Å². The minimum atomic E-state index is -0.312. The minimum Gasteiger partial charge on any atom is -0.353 e. The van der Waals surface area contributed by atoms with E-state index in [0.29, 0.717) is 23.5 Å². The van der Waals surface area contributed by atoms with Gasteiger partial charge in [-0.15, -0.1) is 0 Å². The van der Waals surface area contributed by atoms with Gasteiger partial charge < -0.3 is 10.3 Å². The summed E-state index contributed by atoms with van der Waals surface area (Å²) >= 11 is 0. The third-order valence-corrected chi connectivity index (χ3v) is 6.93. The monoisotopic (exact) mass is 525 g/mol. The van der Waals surface area contributed by atoms with Gasteiger partial charge in [0.15, 0.2) is 0 Å². The lowest BCUT2D eigenvalue weighted by Crippen LogP contribution is -2.12. The lowest BCUT2D eigenvalue weighted by Gasteiger charge is -2.07. The van der Waals surface area contributed by atoms with Gasteiger partial charge in [-0.25, -0.2) is 9.37 Å². The number of aromatic amines is 2. The SMILES string of the molecule is Fc1ccccc1-c1nccc2[nH]c(-c3n[nH]c4ccc(-c5cncc(CNCc6ccccc6)c5)nc34)cc12. The van der Waals surface area contributed by atoms with E-state index in [1.165, 1.54) is 11.6 Å². The molecule has 8 heteroatoms. The van der Waals surface area contributed by atoms with E-state index in [-0.39, 0.29) is 5.82 Å². The molecule has 7 nitrogen and oxygen atoms in total. The number of hydrogen-bond donors (Lipinski definition) is 3. The van der Waals surface area contributed by atoms with Crippen LogP contribution in [0.2, 0.25) is 0 Å². The van der Waals surface area contributed by atoms with E-state index in [1.54, 1.807) is 18.3 Å². The van der Waals surface area contributed by atoms with Crippen molar-refractivity contribution < 1.29 is 4.39 Å². The van der Waals surface area contributed by atoms with Gasteiger partial charge in [0, 0.05) is 53.7 Å². The summed E-state index contributed by atoms with van der Waals surface area (Å²) in [6.45, 7) is 1.48. The molecule has 3 N–H and O–H groups in total. The van der Waals surface area contributed by atoms with E-state index < -0.39 is 0 Å². The fourth-order valence-electron chi connectivity index (χ4n) is 4.97. The number of hydrogen-bond acceptors (Lipinski definition) is 5. The van der Waals surface area contributed by atoms with Gasteiger partial charge in [0.2, 0.25) is 0 Å². The molecule has 5 aromatic heterocycles. The van der Waals surface area contributed by atoms with Crippen LogP contribution in [0.3, 0.4) is 0 Å². The Hall–Kier alpha value is -5.21. The van der Waals surface area contributed by atoms with E-state index >= 15 is 0 Å². The molecule has 0 amide bonds. The molecule has 40 heavy (non-hydrogen) atoms. The first-order valence-electron chi connectivity index (χ1n) is 13.0. The molecule has 0 aliphatic carbocycles. The zero-order valence-electron chi connectivity index (χ0n) is 21.4. The van der Waals surface area contributed by atoms with Gasteiger partial charge in [-0.2, -0.15) is 5.10 Å².